The highest BCUT2D eigenvalue weighted by atomic mass is 32.1. The van der Waals surface area contributed by atoms with E-state index in [4.69, 9.17) is 5.73 Å². The maximum absolute atomic E-state index is 11.9. The van der Waals surface area contributed by atoms with Crippen LogP contribution >= 0.6 is 11.3 Å². The summed E-state index contributed by atoms with van der Waals surface area (Å²) in [6.45, 7) is 2.72. The minimum absolute atomic E-state index is 0.182. The van der Waals surface area contributed by atoms with Gasteiger partial charge in [-0.05, 0) is 6.92 Å². The van der Waals surface area contributed by atoms with Gasteiger partial charge in [-0.3, -0.25) is 10.0 Å². The molecule has 0 aliphatic carbocycles. The molecule has 118 valence electrons. The van der Waals surface area contributed by atoms with Gasteiger partial charge < -0.3 is 26.1 Å². The summed E-state index contributed by atoms with van der Waals surface area (Å²) in [5, 5.41) is 20.6. The van der Waals surface area contributed by atoms with Gasteiger partial charge in [-0.1, -0.05) is 0 Å². The molecule has 0 fully saturated rings. The van der Waals surface area contributed by atoms with Gasteiger partial charge in [-0.25, -0.2) is 9.97 Å². The Bertz CT molecular complexity index is 730. The third kappa shape index (κ3) is 2.63. The van der Waals surface area contributed by atoms with Crippen molar-refractivity contribution < 1.29 is 5.21 Å². The van der Waals surface area contributed by atoms with Gasteiger partial charge in [-0.2, -0.15) is 0 Å². The third-order valence-electron chi connectivity index (χ3n) is 3.51. The second-order valence-electron chi connectivity index (χ2n) is 5.01. The Hall–Kier alpha value is -2.17. The molecule has 22 heavy (non-hydrogen) atoms. The van der Waals surface area contributed by atoms with Crippen molar-refractivity contribution in [3.8, 4) is 0 Å². The number of H-pyrrole nitrogens is 1. The van der Waals surface area contributed by atoms with E-state index in [1.165, 1.54) is 11.3 Å². The average Bonchev–Trinajstić information content (AvgIpc) is 2.66. The number of nitrogen functional groups attached to an aromatic ring is 1. The summed E-state index contributed by atoms with van der Waals surface area (Å²) in [6, 6.07) is 0. The monoisotopic (exact) mass is 323 g/mol. The Morgan fingerprint density at radius 1 is 1.41 bits per heavy atom. The van der Waals surface area contributed by atoms with Crippen LogP contribution in [0.1, 0.15) is 16.4 Å². The number of hydrogen-bond donors (Lipinski definition) is 3. The summed E-state index contributed by atoms with van der Waals surface area (Å²) < 4.78 is 0. The SMILES string of the molecule is Cc1nc(N2CCc3nc(N)sc3CC2)c(N([O-])O)c(=O)[nH]1. The molecule has 9 nitrogen and oxygen atoms in total. The number of nitrogens with one attached hydrogen (secondary N) is 1. The number of fused-ring (bicyclic) bond motifs is 1. The number of nitrogens with two attached hydrogens (primary N) is 1. The van der Waals surface area contributed by atoms with E-state index < -0.39 is 16.5 Å². The fourth-order valence-corrected chi connectivity index (χ4v) is 3.42. The molecule has 0 aromatic carbocycles. The first-order valence-corrected chi connectivity index (χ1v) is 7.53. The number of hydrogen-bond acceptors (Lipinski definition) is 9. The van der Waals surface area contributed by atoms with E-state index in [2.05, 4.69) is 15.0 Å². The van der Waals surface area contributed by atoms with Gasteiger partial charge in [0, 0.05) is 30.8 Å². The zero-order valence-electron chi connectivity index (χ0n) is 11.9. The molecule has 1 aliphatic rings. The minimum atomic E-state index is -0.665. The molecule has 0 spiro atoms. The zero-order chi connectivity index (χ0) is 15.9. The van der Waals surface area contributed by atoms with E-state index in [-0.39, 0.29) is 5.82 Å². The van der Waals surface area contributed by atoms with Crippen molar-refractivity contribution in [2.75, 3.05) is 28.9 Å². The Morgan fingerprint density at radius 2 is 2.14 bits per heavy atom. The van der Waals surface area contributed by atoms with E-state index in [1.807, 2.05) is 4.90 Å². The van der Waals surface area contributed by atoms with Crippen molar-refractivity contribution in [1.29, 1.82) is 0 Å². The summed E-state index contributed by atoms with van der Waals surface area (Å²) in [6.07, 6.45) is 1.34. The molecule has 0 atom stereocenters. The first kappa shape index (κ1) is 14.8. The van der Waals surface area contributed by atoms with Crippen LogP contribution in [0.3, 0.4) is 0 Å². The summed E-state index contributed by atoms with van der Waals surface area (Å²) in [4.78, 5) is 25.7. The van der Waals surface area contributed by atoms with E-state index in [1.54, 1.807) is 6.92 Å². The Labute approximate surface area is 129 Å². The molecular weight excluding hydrogens is 308 g/mol. The van der Waals surface area contributed by atoms with Gasteiger partial charge in [0.25, 0.3) is 5.56 Å². The maximum Gasteiger partial charge on any atom is 0.278 e. The van der Waals surface area contributed by atoms with Gasteiger partial charge in [0.05, 0.1) is 5.69 Å². The molecule has 1 aliphatic heterocycles. The van der Waals surface area contributed by atoms with Crippen LogP contribution in [0.5, 0.6) is 0 Å². The lowest BCUT2D eigenvalue weighted by molar-refractivity contribution is 0.295. The Kier molecular flexibility index (Phi) is 3.72. The number of rotatable bonds is 2. The predicted molar refractivity (Wildman–Crippen MR) is 83.4 cm³/mol. The van der Waals surface area contributed by atoms with Crippen LogP contribution in [0.2, 0.25) is 0 Å². The predicted octanol–water partition coefficient (Wildman–Crippen LogP) is 0.416. The Balaban J connectivity index is 1.95. The van der Waals surface area contributed by atoms with Crippen LogP contribution in [0, 0.1) is 12.1 Å². The fourth-order valence-electron chi connectivity index (χ4n) is 2.55. The van der Waals surface area contributed by atoms with Crippen molar-refractivity contribution in [3.63, 3.8) is 0 Å². The molecule has 2 aromatic rings. The number of anilines is 3. The molecule has 0 bridgehead atoms. The topological polar surface area (TPSA) is 134 Å². The first-order chi connectivity index (χ1) is 10.5. The number of aryl methyl sites for hydroxylation is 1. The standard InChI is InChI=1S/C12H15N6O3S/c1-6-14-10(9(18(20)21)11(19)15-6)17-4-2-7-8(3-5-17)22-12(13)16-7/h20H,2-5H2,1H3,(H2,13,16)(H,14,15,19)/q-1. The maximum atomic E-state index is 11.9. The van der Waals surface area contributed by atoms with Gasteiger partial charge in [0.15, 0.2) is 16.6 Å². The highest BCUT2D eigenvalue weighted by Gasteiger charge is 2.22. The van der Waals surface area contributed by atoms with Gasteiger partial charge in [0.1, 0.15) is 5.82 Å². The molecule has 0 amide bonds. The lowest BCUT2D eigenvalue weighted by Crippen LogP contribution is -2.32. The van der Waals surface area contributed by atoms with E-state index in [0.717, 1.165) is 10.6 Å². The summed E-state index contributed by atoms with van der Waals surface area (Å²) in [5.41, 5.74) is 5.59. The number of thiazole rings is 1. The van der Waals surface area contributed by atoms with Crippen molar-refractivity contribution >= 4 is 28.0 Å². The van der Waals surface area contributed by atoms with Crippen LogP contribution in [-0.4, -0.2) is 33.2 Å². The second-order valence-corrected chi connectivity index (χ2v) is 6.12. The summed E-state index contributed by atoms with van der Waals surface area (Å²) in [7, 11) is 0. The highest BCUT2D eigenvalue weighted by Crippen LogP contribution is 2.28. The van der Waals surface area contributed by atoms with Crippen molar-refractivity contribution in [1.82, 2.24) is 15.0 Å². The molecule has 3 rings (SSSR count). The first-order valence-electron chi connectivity index (χ1n) is 6.71. The molecule has 2 aromatic heterocycles. The van der Waals surface area contributed by atoms with Crippen LogP contribution in [0.4, 0.5) is 16.6 Å². The van der Waals surface area contributed by atoms with Crippen LogP contribution < -0.4 is 21.4 Å². The van der Waals surface area contributed by atoms with Gasteiger partial charge >= 0.3 is 0 Å². The molecule has 10 heteroatoms. The van der Waals surface area contributed by atoms with Gasteiger partial charge in [-0.15, -0.1) is 11.3 Å². The largest absolute Gasteiger partial charge is 0.733 e. The summed E-state index contributed by atoms with van der Waals surface area (Å²) in [5.74, 6) is 0.564. The highest BCUT2D eigenvalue weighted by molar-refractivity contribution is 7.15. The fraction of sp³-hybridized carbons (Fsp3) is 0.417. The molecule has 4 N–H and O–H groups in total. The molecule has 0 saturated heterocycles. The van der Waals surface area contributed by atoms with Crippen LogP contribution in [-0.2, 0) is 12.8 Å². The quantitative estimate of drug-likeness (QED) is 0.677. The zero-order valence-corrected chi connectivity index (χ0v) is 12.7. The van der Waals surface area contributed by atoms with E-state index in [9.17, 15) is 15.2 Å². The van der Waals surface area contributed by atoms with Gasteiger partial charge in [0.2, 0.25) is 0 Å². The van der Waals surface area contributed by atoms with Crippen molar-refractivity contribution in [2.24, 2.45) is 0 Å². The van der Waals surface area contributed by atoms with Crippen LogP contribution in [0.25, 0.3) is 0 Å². The number of aromatic nitrogens is 3. The molecular formula is C12H15N6O3S-. The number of nitrogens with zero attached hydrogens (tertiary/aromatic N) is 4. The van der Waals surface area contributed by atoms with Crippen molar-refractivity contribution in [3.05, 3.63) is 32.0 Å². The van der Waals surface area contributed by atoms with Crippen molar-refractivity contribution in [2.45, 2.75) is 19.8 Å². The minimum Gasteiger partial charge on any atom is -0.733 e. The second kappa shape index (κ2) is 5.55. The molecule has 3 heterocycles. The molecule has 0 saturated carbocycles. The van der Waals surface area contributed by atoms with E-state index >= 15 is 0 Å². The average molecular weight is 323 g/mol. The van der Waals surface area contributed by atoms with Crippen LogP contribution in [0.15, 0.2) is 4.79 Å². The Morgan fingerprint density at radius 3 is 2.86 bits per heavy atom. The smallest absolute Gasteiger partial charge is 0.278 e. The lowest BCUT2D eigenvalue weighted by Gasteiger charge is -2.29. The van der Waals surface area contributed by atoms with E-state index in [0.29, 0.717) is 36.9 Å². The summed E-state index contributed by atoms with van der Waals surface area (Å²) >= 11 is 1.45. The third-order valence-corrected chi connectivity index (χ3v) is 4.49. The number of aromatic amines is 1. The molecule has 0 radical (unpaired) electrons. The lowest BCUT2D eigenvalue weighted by atomic mass is 10.2. The molecule has 0 unspecified atom stereocenters. The normalized spacial score (nSPS) is 14.6.